The van der Waals surface area contributed by atoms with Crippen molar-refractivity contribution in [2.75, 3.05) is 0 Å². The highest BCUT2D eigenvalue weighted by molar-refractivity contribution is 7.80. The summed E-state index contributed by atoms with van der Waals surface area (Å²) in [6, 6.07) is 8.47. The largest absolute Gasteiger partial charge is 0.772 e. The minimum Gasteiger partial charge on any atom is -0.772 e. The lowest BCUT2D eigenvalue weighted by molar-refractivity contribution is 0.450. The van der Waals surface area contributed by atoms with Gasteiger partial charge in [0.15, 0.2) is 0 Å². The van der Waals surface area contributed by atoms with E-state index in [1.54, 1.807) is 38.1 Å². The van der Waals surface area contributed by atoms with Gasteiger partial charge >= 0.3 is 0 Å². The van der Waals surface area contributed by atoms with E-state index >= 15 is 0 Å². The van der Waals surface area contributed by atoms with E-state index in [1.165, 1.54) is 6.07 Å². The molecule has 0 saturated heterocycles. The Bertz CT molecular complexity index is 743. The quantitative estimate of drug-likeness (QED) is 0.840. The Kier molecular flexibility index (Phi) is 4.82. The molecule has 2 aromatic rings. The van der Waals surface area contributed by atoms with Crippen LogP contribution in [0.4, 0.5) is 0 Å². The first-order valence-corrected chi connectivity index (χ1v) is 8.41. The number of phenolic OH excluding ortho intramolecular Hbond substituents is 2. The van der Waals surface area contributed by atoms with E-state index < -0.39 is 15.8 Å². The summed E-state index contributed by atoms with van der Waals surface area (Å²) in [4.78, 5) is 0. The fraction of sp³-hybridized carbons (Fsp3) is 0.333. The molecule has 1 unspecified atom stereocenters. The Labute approximate surface area is 139 Å². The topological polar surface area (TPSA) is 80.6 Å². The Hall–Kier alpha value is -1.85. The van der Waals surface area contributed by atoms with Crippen molar-refractivity contribution < 1.29 is 19.0 Å². The maximum Gasteiger partial charge on any atom is 0.120 e. The number of rotatable bonds is 4. The third kappa shape index (κ3) is 3.57. The third-order valence-electron chi connectivity index (χ3n) is 4.19. The van der Waals surface area contributed by atoms with E-state index in [1.807, 2.05) is 13.8 Å². The van der Waals surface area contributed by atoms with Gasteiger partial charge in [-0.05, 0) is 85.6 Å². The first-order chi connectivity index (χ1) is 10.6. The molecule has 0 heterocycles. The van der Waals surface area contributed by atoms with Gasteiger partial charge in [-0.1, -0.05) is 12.1 Å². The highest BCUT2D eigenvalue weighted by atomic mass is 32.2. The summed E-state index contributed by atoms with van der Waals surface area (Å²) in [5.41, 5.74) is 4.33. The van der Waals surface area contributed by atoms with Crippen molar-refractivity contribution >= 4 is 11.1 Å². The van der Waals surface area contributed by atoms with Crippen LogP contribution < -0.4 is 0 Å². The molecule has 0 bridgehead atoms. The summed E-state index contributed by atoms with van der Waals surface area (Å²) in [7, 11) is 0. The zero-order valence-corrected chi connectivity index (χ0v) is 14.5. The lowest BCUT2D eigenvalue weighted by atomic mass is 9.92. The second-order valence-corrected chi connectivity index (χ2v) is 7.82. The van der Waals surface area contributed by atoms with E-state index in [0.717, 1.165) is 22.3 Å². The first-order valence-electron chi connectivity index (χ1n) is 7.33. The molecule has 23 heavy (non-hydrogen) atoms. The van der Waals surface area contributed by atoms with Crippen molar-refractivity contribution in [1.29, 1.82) is 0 Å². The van der Waals surface area contributed by atoms with Crippen molar-refractivity contribution in [3.63, 3.8) is 0 Å². The Morgan fingerprint density at radius 2 is 1.65 bits per heavy atom. The molecule has 4 nitrogen and oxygen atoms in total. The normalized spacial score (nSPS) is 13.1. The number of aryl methyl sites for hydroxylation is 2. The van der Waals surface area contributed by atoms with Crippen LogP contribution in [0.3, 0.4) is 0 Å². The average molecular weight is 333 g/mol. The van der Waals surface area contributed by atoms with Crippen molar-refractivity contribution in [3.05, 3.63) is 58.1 Å². The average Bonchev–Trinajstić information content (AvgIpc) is 2.44. The van der Waals surface area contributed by atoms with Gasteiger partial charge in [0.2, 0.25) is 0 Å². The molecule has 0 amide bonds. The maximum atomic E-state index is 11.5. The Balaban J connectivity index is 2.46. The highest BCUT2D eigenvalue weighted by Gasteiger charge is 2.25. The SMILES string of the molecule is Cc1cc(O)cc(C)c1Cc1ccc(O)c(C(C)(C)S(=O)[O-])c1. The van der Waals surface area contributed by atoms with E-state index in [-0.39, 0.29) is 11.5 Å². The molecule has 0 aromatic heterocycles. The molecular formula is C18H21O4S-. The van der Waals surface area contributed by atoms with E-state index in [9.17, 15) is 19.0 Å². The monoisotopic (exact) mass is 333 g/mol. The van der Waals surface area contributed by atoms with Crippen molar-refractivity contribution in [2.24, 2.45) is 0 Å². The number of phenols is 2. The van der Waals surface area contributed by atoms with E-state index in [4.69, 9.17) is 0 Å². The Morgan fingerprint density at radius 1 is 1.09 bits per heavy atom. The van der Waals surface area contributed by atoms with Gasteiger partial charge in [0.25, 0.3) is 0 Å². The second kappa shape index (κ2) is 6.34. The van der Waals surface area contributed by atoms with Gasteiger partial charge in [-0.2, -0.15) is 0 Å². The minimum absolute atomic E-state index is 0.0258. The Morgan fingerprint density at radius 3 is 2.17 bits per heavy atom. The summed E-state index contributed by atoms with van der Waals surface area (Å²) in [6.45, 7) is 6.98. The number of aromatic hydroxyl groups is 2. The molecule has 2 rings (SSSR count). The molecule has 0 spiro atoms. The maximum absolute atomic E-state index is 11.5. The van der Waals surface area contributed by atoms with Crippen LogP contribution in [0, 0.1) is 13.8 Å². The highest BCUT2D eigenvalue weighted by Crippen LogP contribution is 2.34. The molecule has 2 N–H and O–H groups in total. The molecule has 0 fully saturated rings. The molecule has 0 aliphatic carbocycles. The van der Waals surface area contributed by atoms with Gasteiger partial charge in [0.05, 0.1) is 4.75 Å². The van der Waals surface area contributed by atoms with E-state index in [0.29, 0.717) is 12.0 Å². The fourth-order valence-electron chi connectivity index (χ4n) is 2.72. The summed E-state index contributed by atoms with van der Waals surface area (Å²) in [5, 5.41) is 19.7. The zero-order chi connectivity index (χ0) is 17.4. The van der Waals surface area contributed by atoms with Gasteiger partial charge in [-0.15, -0.1) is 0 Å². The van der Waals surface area contributed by atoms with Crippen LogP contribution in [0.15, 0.2) is 30.3 Å². The number of hydrogen-bond donors (Lipinski definition) is 2. The standard InChI is InChI=1S/C18H22O4S/c1-11-7-14(19)8-12(2)15(11)9-13-5-6-17(20)16(10-13)18(3,4)23(21)22/h5-8,10,19-20H,9H2,1-4H3,(H,21,22)/p-1. The lowest BCUT2D eigenvalue weighted by Gasteiger charge is -2.29. The van der Waals surface area contributed by atoms with Crippen LogP contribution in [0.2, 0.25) is 0 Å². The molecule has 0 aliphatic heterocycles. The zero-order valence-electron chi connectivity index (χ0n) is 13.7. The molecule has 0 aliphatic rings. The predicted octanol–water partition coefficient (Wildman–Crippen LogP) is 3.42. The van der Waals surface area contributed by atoms with Crippen LogP contribution in [-0.4, -0.2) is 19.0 Å². The molecule has 0 saturated carbocycles. The van der Waals surface area contributed by atoms with Crippen LogP contribution >= 0.6 is 0 Å². The lowest BCUT2D eigenvalue weighted by Crippen LogP contribution is -2.23. The van der Waals surface area contributed by atoms with E-state index in [2.05, 4.69) is 0 Å². The van der Waals surface area contributed by atoms with Gasteiger partial charge in [-0.3, -0.25) is 4.21 Å². The van der Waals surface area contributed by atoms with Gasteiger partial charge < -0.3 is 14.8 Å². The first kappa shape index (κ1) is 17.5. The van der Waals surface area contributed by atoms with Crippen LogP contribution in [0.1, 0.15) is 41.7 Å². The third-order valence-corrected chi connectivity index (χ3v) is 5.24. The fourth-order valence-corrected chi connectivity index (χ4v) is 3.06. The summed E-state index contributed by atoms with van der Waals surface area (Å²) < 4.78 is 21.7. The molecule has 124 valence electrons. The molecule has 5 heteroatoms. The number of benzene rings is 2. The molecular weight excluding hydrogens is 312 g/mol. The van der Waals surface area contributed by atoms with Crippen molar-refractivity contribution in [1.82, 2.24) is 0 Å². The summed E-state index contributed by atoms with van der Waals surface area (Å²) in [5.74, 6) is 0.208. The summed E-state index contributed by atoms with van der Waals surface area (Å²) >= 11 is -2.35. The van der Waals surface area contributed by atoms with Gasteiger partial charge in [0, 0.05) is 5.56 Å². The van der Waals surface area contributed by atoms with Crippen LogP contribution in [0.5, 0.6) is 11.5 Å². The predicted molar refractivity (Wildman–Crippen MR) is 90.4 cm³/mol. The minimum atomic E-state index is -2.35. The van der Waals surface area contributed by atoms with Gasteiger partial charge in [0.1, 0.15) is 11.5 Å². The smallest absolute Gasteiger partial charge is 0.120 e. The second-order valence-electron chi connectivity index (χ2n) is 6.33. The number of hydrogen-bond acceptors (Lipinski definition) is 4. The van der Waals surface area contributed by atoms with Crippen LogP contribution in [0.25, 0.3) is 0 Å². The molecule has 0 radical (unpaired) electrons. The molecule has 1 atom stereocenters. The van der Waals surface area contributed by atoms with Crippen molar-refractivity contribution in [2.45, 2.75) is 38.9 Å². The summed E-state index contributed by atoms with van der Waals surface area (Å²) in [6.07, 6.45) is 0.604. The van der Waals surface area contributed by atoms with Gasteiger partial charge in [-0.25, -0.2) is 0 Å². The molecule has 2 aromatic carbocycles. The van der Waals surface area contributed by atoms with Crippen molar-refractivity contribution in [3.8, 4) is 11.5 Å². The van der Waals surface area contributed by atoms with Crippen LogP contribution in [-0.2, 0) is 22.2 Å².